The number of nitrogens with zero attached hydrogens (tertiary/aromatic N) is 1. The normalized spacial score (nSPS) is 19.2. The highest BCUT2D eigenvalue weighted by atomic mass is 16.4. The summed E-state index contributed by atoms with van der Waals surface area (Å²) in [5, 5.41) is 12.1. The van der Waals surface area contributed by atoms with Gasteiger partial charge in [0, 0.05) is 13.0 Å². The zero-order valence-electron chi connectivity index (χ0n) is 11.3. The zero-order valence-corrected chi connectivity index (χ0v) is 11.3. The monoisotopic (exact) mass is 256 g/mol. The van der Waals surface area contributed by atoms with Gasteiger partial charge in [-0.15, -0.1) is 0 Å². The van der Waals surface area contributed by atoms with Gasteiger partial charge in [0.25, 0.3) is 0 Å². The number of amides is 1. The van der Waals surface area contributed by atoms with Gasteiger partial charge < -0.3 is 15.3 Å². The number of nitrogens with one attached hydrogen (secondary N) is 1. The molecule has 1 atom stereocenters. The zero-order chi connectivity index (χ0) is 13.5. The number of hydrogen-bond donors (Lipinski definition) is 2. The van der Waals surface area contributed by atoms with E-state index >= 15 is 0 Å². The highest BCUT2D eigenvalue weighted by Gasteiger charge is 2.20. The van der Waals surface area contributed by atoms with E-state index in [1.807, 2.05) is 13.8 Å². The van der Waals surface area contributed by atoms with Gasteiger partial charge in [0.15, 0.2) is 0 Å². The van der Waals surface area contributed by atoms with Gasteiger partial charge >= 0.3 is 5.97 Å². The summed E-state index contributed by atoms with van der Waals surface area (Å²) < 4.78 is 0. The molecule has 1 aliphatic rings. The maximum Gasteiger partial charge on any atom is 0.323 e. The maximum absolute atomic E-state index is 12.0. The molecule has 0 aliphatic carbocycles. The number of carbonyl (C=O) groups is 2. The lowest BCUT2D eigenvalue weighted by Gasteiger charge is -2.23. The van der Waals surface area contributed by atoms with Crippen LogP contribution in [0.25, 0.3) is 0 Å². The van der Waals surface area contributed by atoms with E-state index in [9.17, 15) is 9.59 Å². The highest BCUT2D eigenvalue weighted by Crippen LogP contribution is 2.15. The SMILES string of the molecule is CC(C)CN(CC(=O)O)C(=O)CCC1CCNC1. The van der Waals surface area contributed by atoms with Crippen LogP contribution in [0.1, 0.15) is 33.1 Å². The van der Waals surface area contributed by atoms with Crippen LogP contribution in [-0.4, -0.2) is 48.1 Å². The number of carboxylic acid groups (broad SMARTS) is 1. The third-order valence-corrected chi connectivity index (χ3v) is 3.19. The molecule has 1 saturated heterocycles. The molecule has 5 nitrogen and oxygen atoms in total. The fraction of sp³-hybridized carbons (Fsp3) is 0.846. The molecular weight excluding hydrogens is 232 g/mol. The van der Waals surface area contributed by atoms with E-state index in [2.05, 4.69) is 5.32 Å². The Morgan fingerprint density at radius 1 is 1.44 bits per heavy atom. The van der Waals surface area contributed by atoms with Crippen LogP contribution in [0.15, 0.2) is 0 Å². The van der Waals surface area contributed by atoms with E-state index in [1.165, 1.54) is 4.90 Å². The molecule has 0 radical (unpaired) electrons. The summed E-state index contributed by atoms with van der Waals surface area (Å²) in [5.74, 6) is -0.106. The van der Waals surface area contributed by atoms with Crippen molar-refractivity contribution in [2.45, 2.75) is 33.1 Å². The van der Waals surface area contributed by atoms with Crippen LogP contribution < -0.4 is 5.32 Å². The van der Waals surface area contributed by atoms with Crippen LogP contribution in [0.2, 0.25) is 0 Å². The minimum Gasteiger partial charge on any atom is -0.480 e. The van der Waals surface area contributed by atoms with Crippen LogP contribution in [0, 0.1) is 11.8 Å². The first-order chi connectivity index (χ1) is 8.49. The standard InChI is InChI=1S/C13H24N2O3/c1-10(2)8-15(9-13(17)18)12(16)4-3-11-5-6-14-7-11/h10-11,14H,3-9H2,1-2H3,(H,17,18). The molecule has 1 aliphatic heterocycles. The summed E-state index contributed by atoms with van der Waals surface area (Å²) in [4.78, 5) is 24.2. The van der Waals surface area contributed by atoms with E-state index < -0.39 is 5.97 Å². The lowest BCUT2D eigenvalue weighted by Crippen LogP contribution is -2.38. The summed E-state index contributed by atoms with van der Waals surface area (Å²) in [6, 6.07) is 0. The van der Waals surface area contributed by atoms with Crippen LogP contribution >= 0.6 is 0 Å². The Balaban J connectivity index is 2.39. The van der Waals surface area contributed by atoms with Gasteiger partial charge in [-0.25, -0.2) is 0 Å². The average Bonchev–Trinajstić information content (AvgIpc) is 2.76. The molecule has 1 rings (SSSR count). The minimum atomic E-state index is -0.938. The largest absolute Gasteiger partial charge is 0.480 e. The molecule has 1 heterocycles. The molecule has 0 saturated carbocycles. The molecular formula is C13H24N2O3. The number of carbonyl (C=O) groups excluding carboxylic acids is 1. The van der Waals surface area contributed by atoms with Gasteiger partial charge in [-0.05, 0) is 37.8 Å². The average molecular weight is 256 g/mol. The van der Waals surface area contributed by atoms with Crippen molar-refractivity contribution in [3.63, 3.8) is 0 Å². The summed E-state index contributed by atoms with van der Waals surface area (Å²) in [6.45, 7) is 6.33. The van der Waals surface area contributed by atoms with Crippen molar-refractivity contribution in [1.29, 1.82) is 0 Å². The van der Waals surface area contributed by atoms with Crippen LogP contribution in [-0.2, 0) is 9.59 Å². The number of carboxylic acids is 1. The molecule has 1 unspecified atom stereocenters. The molecule has 0 aromatic heterocycles. The van der Waals surface area contributed by atoms with E-state index in [0.717, 1.165) is 25.9 Å². The lowest BCUT2D eigenvalue weighted by atomic mass is 10.0. The molecule has 0 aromatic rings. The molecule has 1 fully saturated rings. The van der Waals surface area contributed by atoms with Gasteiger partial charge in [-0.3, -0.25) is 9.59 Å². The Bertz CT molecular complexity index is 286. The van der Waals surface area contributed by atoms with E-state index in [1.54, 1.807) is 0 Å². The quantitative estimate of drug-likeness (QED) is 0.711. The molecule has 0 aromatic carbocycles. The minimum absolute atomic E-state index is 0.0296. The van der Waals surface area contributed by atoms with E-state index in [4.69, 9.17) is 5.11 Å². The van der Waals surface area contributed by atoms with E-state index in [0.29, 0.717) is 24.8 Å². The summed E-state index contributed by atoms with van der Waals surface area (Å²) in [6.07, 6.45) is 2.45. The van der Waals surface area contributed by atoms with Crippen molar-refractivity contribution in [2.24, 2.45) is 11.8 Å². The van der Waals surface area contributed by atoms with Crippen LogP contribution in [0.5, 0.6) is 0 Å². The van der Waals surface area contributed by atoms with Crippen LogP contribution in [0.4, 0.5) is 0 Å². The number of aliphatic carboxylic acids is 1. The summed E-state index contributed by atoms with van der Waals surface area (Å²) >= 11 is 0. The highest BCUT2D eigenvalue weighted by molar-refractivity contribution is 5.81. The molecule has 1 amide bonds. The Morgan fingerprint density at radius 2 is 2.17 bits per heavy atom. The van der Waals surface area contributed by atoms with Crippen molar-refractivity contribution >= 4 is 11.9 Å². The third-order valence-electron chi connectivity index (χ3n) is 3.19. The Hall–Kier alpha value is -1.10. The summed E-state index contributed by atoms with van der Waals surface area (Å²) in [7, 11) is 0. The van der Waals surface area contributed by atoms with Crippen molar-refractivity contribution in [1.82, 2.24) is 10.2 Å². The van der Waals surface area contributed by atoms with Crippen molar-refractivity contribution < 1.29 is 14.7 Å². The lowest BCUT2D eigenvalue weighted by molar-refractivity contribution is -0.144. The molecule has 5 heteroatoms. The Kier molecular flexibility index (Phi) is 6.12. The Morgan fingerprint density at radius 3 is 2.67 bits per heavy atom. The van der Waals surface area contributed by atoms with Crippen LogP contribution in [0.3, 0.4) is 0 Å². The van der Waals surface area contributed by atoms with Gasteiger partial charge in [-0.1, -0.05) is 13.8 Å². The smallest absolute Gasteiger partial charge is 0.323 e. The first kappa shape index (κ1) is 15.0. The Labute approximate surface area is 109 Å². The second kappa shape index (κ2) is 7.36. The molecule has 2 N–H and O–H groups in total. The fourth-order valence-electron chi connectivity index (χ4n) is 2.31. The number of hydrogen-bond acceptors (Lipinski definition) is 3. The maximum atomic E-state index is 12.0. The topological polar surface area (TPSA) is 69.6 Å². The fourth-order valence-corrected chi connectivity index (χ4v) is 2.31. The van der Waals surface area contributed by atoms with Gasteiger partial charge in [0.1, 0.15) is 6.54 Å². The predicted octanol–water partition coefficient (Wildman–Crippen LogP) is 0.945. The van der Waals surface area contributed by atoms with Gasteiger partial charge in [-0.2, -0.15) is 0 Å². The van der Waals surface area contributed by atoms with E-state index in [-0.39, 0.29) is 12.5 Å². The molecule has 0 spiro atoms. The van der Waals surface area contributed by atoms with Crippen molar-refractivity contribution in [2.75, 3.05) is 26.2 Å². The van der Waals surface area contributed by atoms with Crippen molar-refractivity contribution in [3.8, 4) is 0 Å². The van der Waals surface area contributed by atoms with Crippen molar-refractivity contribution in [3.05, 3.63) is 0 Å². The molecule has 18 heavy (non-hydrogen) atoms. The van der Waals surface area contributed by atoms with Gasteiger partial charge in [0.05, 0.1) is 0 Å². The first-order valence-corrected chi connectivity index (χ1v) is 6.69. The molecule has 0 bridgehead atoms. The predicted molar refractivity (Wildman–Crippen MR) is 69.3 cm³/mol. The molecule has 104 valence electrons. The summed E-state index contributed by atoms with van der Waals surface area (Å²) in [5.41, 5.74) is 0. The van der Waals surface area contributed by atoms with Gasteiger partial charge in [0.2, 0.25) is 5.91 Å². The number of rotatable bonds is 7. The second-order valence-electron chi connectivity index (χ2n) is 5.46. The first-order valence-electron chi connectivity index (χ1n) is 6.69. The third kappa shape index (κ3) is 5.49. The second-order valence-corrected chi connectivity index (χ2v) is 5.46.